The molecular formula is C40H58Cl2N6O7. The zero-order valence-corrected chi connectivity index (χ0v) is 33.3. The number of hydrogen-bond donors (Lipinski definition) is 6. The highest BCUT2D eigenvalue weighted by Gasteiger charge is 2.32. The predicted octanol–water partition coefficient (Wildman–Crippen LogP) is -5.19. The molecule has 0 aliphatic rings. The molecule has 13 nitrogen and oxygen atoms in total. The number of rotatable bonds is 27. The van der Waals surface area contributed by atoms with Crippen LogP contribution in [0.1, 0.15) is 69.4 Å². The summed E-state index contributed by atoms with van der Waals surface area (Å²) < 4.78 is 11.0. The van der Waals surface area contributed by atoms with E-state index in [0.717, 1.165) is 17.5 Å². The average Bonchev–Trinajstić information content (AvgIpc) is 3.13. The van der Waals surface area contributed by atoms with Crippen molar-refractivity contribution in [2.24, 2.45) is 23.3 Å². The van der Waals surface area contributed by atoms with E-state index in [-0.39, 0.29) is 81.1 Å². The maximum absolute atomic E-state index is 14.0. The minimum absolute atomic E-state index is 0. The zero-order chi connectivity index (χ0) is 39.0. The number of hydrogen-bond acceptors (Lipinski definition) is 7. The van der Waals surface area contributed by atoms with Crippen molar-refractivity contribution in [1.82, 2.24) is 10.6 Å². The number of quaternary nitrogens is 1. The van der Waals surface area contributed by atoms with E-state index >= 15 is 0 Å². The number of guanidine groups is 1. The van der Waals surface area contributed by atoms with Gasteiger partial charge in [-0.3, -0.25) is 30.8 Å². The third-order valence-corrected chi connectivity index (χ3v) is 8.48. The molecule has 2 aromatic carbocycles. The van der Waals surface area contributed by atoms with Crippen molar-refractivity contribution in [2.75, 3.05) is 19.7 Å². The van der Waals surface area contributed by atoms with Gasteiger partial charge in [-0.25, -0.2) is 4.79 Å². The summed E-state index contributed by atoms with van der Waals surface area (Å²) in [5.41, 5.74) is 16.6. The average molecular weight is 806 g/mol. The Bertz CT molecular complexity index is 1520. The molecule has 0 saturated heterocycles. The van der Waals surface area contributed by atoms with Gasteiger partial charge >= 0.3 is 11.9 Å². The molecule has 0 aliphatic heterocycles. The van der Waals surface area contributed by atoms with Crippen molar-refractivity contribution >= 4 is 35.3 Å². The number of Topliss-reactive ketones (excluding diaryl/α,β-unsaturated/α-hetero) is 2. The lowest BCUT2D eigenvalue weighted by Gasteiger charge is -2.25. The number of ketones is 2. The standard InChI is InChI=1S/C40H56N6O7.2ClH/c1-4-12-35(39(51)53-27-30-13-7-6-8-14-30)46-37(49)31(15-11-22-44-40(42)43)26-36(48)34(16-9-10-21-41)45-38(50)32(24-28(3)47)25-29-17-19-33(20-18-29)52-23-5-2;;/h4-8,13-14,17-20,31-32,34-35H,1-2,9-12,15-16,21-27,41H2,3H3,(H,45,50)(H,46,49)(H4,42,43,44);2*1H/t31-,32-,34+,35-;;/m0../s1. The number of ether oxygens (including phenoxy) is 2. The number of halogens is 2. The Morgan fingerprint density at radius 1 is 0.818 bits per heavy atom. The smallest absolute Gasteiger partial charge is 0.338 e. The third kappa shape index (κ3) is 20.5. The molecule has 0 aromatic heterocycles. The van der Waals surface area contributed by atoms with Gasteiger partial charge in [0.05, 0.1) is 19.1 Å². The van der Waals surface area contributed by atoms with Crippen LogP contribution in [0, 0.1) is 11.8 Å². The van der Waals surface area contributed by atoms with E-state index in [4.69, 9.17) is 20.9 Å². The maximum Gasteiger partial charge on any atom is 0.338 e. The number of nitrogens with two attached hydrogens (primary N) is 2. The molecule has 304 valence electrons. The molecule has 0 saturated carbocycles. The van der Waals surface area contributed by atoms with Crippen LogP contribution < -0.4 is 62.4 Å². The molecular weight excluding hydrogens is 747 g/mol. The second-order valence-electron chi connectivity index (χ2n) is 13.0. The summed E-state index contributed by atoms with van der Waals surface area (Å²) in [7, 11) is 0. The molecule has 15 heteroatoms. The fourth-order valence-electron chi connectivity index (χ4n) is 5.69. The molecule has 0 heterocycles. The van der Waals surface area contributed by atoms with Gasteiger partial charge in [0.15, 0.2) is 5.78 Å². The highest BCUT2D eigenvalue weighted by Crippen LogP contribution is 2.20. The van der Waals surface area contributed by atoms with Gasteiger partial charge < -0.3 is 55.4 Å². The summed E-state index contributed by atoms with van der Waals surface area (Å²) in [5.74, 6) is -2.95. The van der Waals surface area contributed by atoms with Crippen molar-refractivity contribution < 1.29 is 69.0 Å². The van der Waals surface area contributed by atoms with E-state index in [1.165, 1.54) is 13.0 Å². The van der Waals surface area contributed by atoms with Gasteiger partial charge in [0.1, 0.15) is 30.8 Å². The molecule has 2 amide bonds. The first kappa shape index (κ1) is 50.3. The molecule has 55 heavy (non-hydrogen) atoms. The molecule has 2 rings (SSSR count). The first-order valence-corrected chi connectivity index (χ1v) is 18.1. The normalized spacial score (nSPS) is 12.5. The van der Waals surface area contributed by atoms with E-state index in [9.17, 15) is 24.0 Å². The first-order chi connectivity index (χ1) is 25.5. The van der Waals surface area contributed by atoms with Crippen LogP contribution in [0.2, 0.25) is 0 Å². The van der Waals surface area contributed by atoms with Gasteiger partial charge in [-0.15, -0.1) is 6.58 Å². The van der Waals surface area contributed by atoms with Crippen LogP contribution in [-0.2, 0) is 41.7 Å². The van der Waals surface area contributed by atoms with E-state index in [1.54, 1.807) is 18.2 Å². The number of carbonyl (C=O) groups excluding carboxylic acids is 5. The van der Waals surface area contributed by atoms with E-state index in [2.05, 4.69) is 34.5 Å². The Labute approximate surface area is 337 Å². The molecule has 0 spiro atoms. The van der Waals surface area contributed by atoms with Crippen LogP contribution in [0.15, 0.2) is 79.9 Å². The van der Waals surface area contributed by atoms with Crippen molar-refractivity contribution in [3.63, 3.8) is 0 Å². The number of benzene rings is 2. The molecule has 4 atom stereocenters. The molecule has 0 unspecified atom stereocenters. The minimum Gasteiger partial charge on any atom is -1.00 e. The van der Waals surface area contributed by atoms with Gasteiger partial charge in [-0.1, -0.05) is 61.2 Å². The van der Waals surface area contributed by atoms with Crippen molar-refractivity contribution in [1.29, 1.82) is 0 Å². The first-order valence-electron chi connectivity index (χ1n) is 18.1. The molecule has 0 radical (unpaired) electrons. The predicted molar refractivity (Wildman–Crippen MR) is 203 cm³/mol. The fraction of sp³-hybridized carbons (Fsp3) is 0.450. The van der Waals surface area contributed by atoms with Gasteiger partial charge in [-0.05, 0) is 75.1 Å². The summed E-state index contributed by atoms with van der Waals surface area (Å²) in [6, 6.07) is 14.5. The Hall–Kier alpha value is -4.72. The van der Waals surface area contributed by atoms with Gasteiger partial charge in [-0.2, -0.15) is 0 Å². The monoisotopic (exact) mass is 804 g/mol. The lowest BCUT2D eigenvalue weighted by atomic mass is 9.90. The summed E-state index contributed by atoms with van der Waals surface area (Å²) in [6.07, 6.45) is 5.71. The number of unbranched alkanes of at least 4 members (excludes halogenated alkanes) is 1. The Kier molecular flexibility index (Phi) is 26.2. The molecule has 0 fully saturated rings. The summed E-state index contributed by atoms with van der Waals surface area (Å²) >= 11 is 0. The van der Waals surface area contributed by atoms with Crippen LogP contribution in [0.4, 0.5) is 0 Å². The van der Waals surface area contributed by atoms with E-state index in [1.807, 2.05) is 42.5 Å². The molecule has 10 N–H and O–H groups in total. The summed E-state index contributed by atoms with van der Waals surface area (Å²) in [6.45, 7) is 10.2. The quantitative estimate of drug-likeness (QED) is 0.0167. The maximum atomic E-state index is 14.0. The summed E-state index contributed by atoms with van der Waals surface area (Å²) in [4.78, 5) is 69.6. The largest absolute Gasteiger partial charge is 1.00 e. The Morgan fingerprint density at radius 3 is 2.07 bits per heavy atom. The van der Waals surface area contributed by atoms with Crippen LogP contribution in [0.5, 0.6) is 5.75 Å². The van der Waals surface area contributed by atoms with Crippen molar-refractivity contribution in [2.45, 2.75) is 83.4 Å². The lowest BCUT2D eigenvalue weighted by Crippen LogP contribution is -3.00. The Morgan fingerprint density at radius 2 is 1.47 bits per heavy atom. The van der Waals surface area contributed by atoms with Crippen LogP contribution in [-0.4, -0.2) is 67.1 Å². The molecule has 0 bridgehead atoms. The number of nitrogens with one attached hydrogen (secondary N) is 3. The van der Waals surface area contributed by atoms with E-state index in [0.29, 0.717) is 44.7 Å². The van der Waals surface area contributed by atoms with Crippen LogP contribution in [0.25, 0.3) is 0 Å². The van der Waals surface area contributed by atoms with Crippen LogP contribution >= 0.6 is 0 Å². The number of amides is 2. The summed E-state index contributed by atoms with van der Waals surface area (Å²) in [5, 5.41) is 5.68. The fourth-order valence-corrected chi connectivity index (χ4v) is 5.69. The van der Waals surface area contributed by atoms with Gasteiger partial charge in [0, 0.05) is 24.7 Å². The van der Waals surface area contributed by atoms with Crippen LogP contribution in [0.3, 0.4) is 0 Å². The minimum atomic E-state index is -1.02. The number of carbonyl (C=O) groups is 5. The van der Waals surface area contributed by atoms with Gasteiger partial charge in [0.25, 0.3) is 0 Å². The van der Waals surface area contributed by atoms with Crippen molar-refractivity contribution in [3.05, 3.63) is 91.0 Å². The topological polar surface area (TPSA) is 222 Å². The highest BCUT2D eigenvalue weighted by atomic mass is 35.5. The van der Waals surface area contributed by atoms with E-state index < -0.39 is 41.7 Å². The number of esters is 1. The highest BCUT2D eigenvalue weighted by molar-refractivity contribution is 5.94. The SMILES string of the molecule is C=CCOc1ccc(C[C@H](CC(C)=O)C(=O)N[C@H](CCCC[NH3+])C(=O)C[C@H](CCC[NH+]=C(N)N)C(=O)N[C@@H](CC=C)C(=O)OCc2ccccc2)cc1.[Cl-].[Cl-]. The zero-order valence-electron chi connectivity index (χ0n) is 31.7. The second-order valence-corrected chi connectivity index (χ2v) is 13.0. The third-order valence-electron chi connectivity index (χ3n) is 8.48. The lowest BCUT2D eigenvalue weighted by molar-refractivity contribution is -0.459. The van der Waals surface area contributed by atoms with Gasteiger partial charge in [0.2, 0.25) is 11.8 Å². The molecule has 2 aromatic rings. The Balaban J connectivity index is 0.0000146. The van der Waals surface area contributed by atoms with Crippen molar-refractivity contribution in [3.8, 4) is 5.75 Å². The molecule has 0 aliphatic carbocycles. The second kappa shape index (κ2) is 28.7.